The number of nitrogens with one attached hydrogen (secondary N) is 1. The first-order chi connectivity index (χ1) is 20.0. The highest BCUT2D eigenvalue weighted by molar-refractivity contribution is 7.92. The zero-order valence-corrected chi connectivity index (χ0v) is 26.1. The van der Waals surface area contributed by atoms with Crippen molar-refractivity contribution in [2.75, 3.05) is 17.1 Å². The molecule has 9 heteroatoms. The lowest BCUT2D eigenvalue weighted by Crippen LogP contribution is -2.55. The van der Waals surface area contributed by atoms with Gasteiger partial charge in [0.2, 0.25) is 21.8 Å². The first-order valence-corrected chi connectivity index (χ1v) is 16.7. The second kappa shape index (κ2) is 14.2. The van der Waals surface area contributed by atoms with Crippen LogP contribution in [0.1, 0.15) is 54.4 Å². The third-order valence-corrected chi connectivity index (χ3v) is 9.14. The summed E-state index contributed by atoms with van der Waals surface area (Å²) >= 11 is 6.24. The molecule has 0 aliphatic heterocycles. The molecule has 3 aromatic rings. The van der Waals surface area contributed by atoms with Gasteiger partial charge in [-0.05, 0) is 55.5 Å². The molecule has 1 aliphatic rings. The quantitative estimate of drug-likeness (QED) is 0.297. The Balaban J connectivity index is 1.74. The molecule has 1 aliphatic carbocycles. The van der Waals surface area contributed by atoms with E-state index in [0.29, 0.717) is 22.7 Å². The average molecular weight is 610 g/mol. The second-order valence-corrected chi connectivity index (χ2v) is 13.6. The molecule has 4 rings (SSSR count). The fraction of sp³-hybridized carbons (Fsp3) is 0.394. The Hall–Kier alpha value is -3.36. The van der Waals surface area contributed by atoms with Crippen LogP contribution in [-0.2, 0) is 32.6 Å². The monoisotopic (exact) mass is 609 g/mol. The molecule has 0 saturated heterocycles. The molecule has 3 aromatic carbocycles. The van der Waals surface area contributed by atoms with E-state index >= 15 is 0 Å². The molecular formula is C33H40ClN3O4S. The molecule has 0 radical (unpaired) electrons. The van der Waals surface area contributed by atoms with E-state index in [1.165, 1.54) is 4.90 Å². The third kappa shape index (κ3) is 8.58. The van der Waals surface area contributed by atoms with Gasteiger partial charge in [-0.2, -0.15) is 0 Å². The predicted molar refractivity (Wildman–Crippen MR) is 169 cm³/mol. The minimum Gasteiger partial charge on any atom is -0.352 e. The lowest BCUT2D eigenvalue weighted by Gasteiger charge is -2.35. The molecule has 0 aromatic heterocycles. The Morgan fingerprint density at radius 3 is 2.29 bits per heavy atom. The summed E-state index contributed by atoms with van der Waals surface area (Å²) < 4.78 is 27.2. The first kappa shape index (κ1) is 31.6. The van der Waals surface area contributed by atoms with Crippen LogP contribution in [0.4, 0.5) is 5.69 Å². The smallest absolute Gasteiger partial charge is 0.244 e. The van der Waals surface area contributed by atoms with E-state index in [2.05, 4.69) is 5.32 Å². The van der Waals surface area contributed by atoms with Crippen molar-refractivity contribution in [3.63, 3.8) is 0 Å². The van der Waals surface area contributed by atoms with Crippen molar-refractivity contribution in [1.29, 1.82) is 0 Å². The maximum absolute atomic E-state index is 14.3. The van der Waals surface area contributed by atoms with Gasteiger partial charge >= 0.3 is 0 Å². The minimum absolute atomic E-state index is 0.0575. The Bertz CT molecular complexity index is 1490. The predicted octanol–water partition coefficient (Wildman–Crippen LogP) is 5.81. The molecule has 0 spiro atoms. The number of carbonyl (C=O) groups excluding carboxylic acids is 2. The molecule has 0 unspecified atom stereocenters. The number of rotatable bonds is 11. The summed E-state index contributed by atoms with van der Waals surface area (Å²) in [7, 11) is -3.87. The van der Waals surface area contributed by atoms with Crippen molar-refractivity contribution in [2.24, 2.45) is 0 Å². The number of sulfonamides is 1. The highest BCUT2D eigenvalue weighted by Crippen LogP contribution is 2.27. The molecule has 1 fully saturated rings. The van der Waals surface area contributed by atoms with E-state index < -0.39 is 28.5 Å². The largest absolute Gasteiger partial charge is 0.352 e. The molecule has 224 valence electrons. The van der Waals surface area contributed by atoms with Crippen LogP contribution in [0.2, 0.25) is 5.02 Å². The van der Waals surface area contributed by atoms with Crippen molar-refractivity contribution >= 4 is 39.1 Å². The topological polar surface area (TPSA) is 86.8 Å². The average Bonchev–Trinajstić information content (AvgIpc) is 2.95. The van der Waals surface area contributed by atoms with Gasteiger partial charge in [-0.1, -0.05) is 97.1 Å². The summed E-state index contributed by atoms with van der Waals surface area (Å²) in [4.78, 5) is 29.8. The molecular weight excluding hydrogens is 570 g/mol. The fourth-order valence-corrected chi connectivity index (χ4v) is 6.62. The zero-order valence-electron chi connectivity index (χ0n) is 24.6. The summed E-state index contributed by atoms with van der Waals surface area (Å²) in [6, 6.07) is 21.6. The van der Waals surface area contributed by atoms with Gasteiger partial charge in [0.05, 0.1) is 11.9 Å². The van der Waals surface area contributed by atoms with Gasteiger partial charge in [-0.25, -0.2) is 8.42 Å². The minimum atomic E-state index is -3.87. The van der Waals surface area contributed by atoms with Gasteiger partial charge in [0.15, 0.2) is 0 Å². The summed E-state index contributed by atoms with van der Waals surface area (Å²) in [5.74, 6) is -0.697. The standard InChI is InChI=1S/C33H40ClN3O4S/c1-24-11-10-14-27(19-24)22-36(32(38)23-37(42(3,40)41)30-21-28(34)18-17-25(30)2)31(20-26-12-6-4-7-13-26)33(39)35-29-15-8-5-9-16-29/h4,6-7,10-14,17-19,21,29,31H,5,8-9,15-16,20,22-23H2,1-3H3,(H,35,39)/t31-/m1/s1. The maximum Gasteiger partial charge on any atom is 0.244 e. The summed E-state index contributed by atoms with van der Waals surface area (Å²) in [5.41, 5.74) is 3.79. The molecule has 1 saturated carbocycles. The van der Waals surface area contributed by atoms with Crippen LogP contribution in [0, 0.1) is 13.8 Å². The summed E-state index contributed by atoms with van der Waals surface area (Å²) in [6.45, 7) is 3.44. The maximum atomic E-state index is 14.3. The number of carbonyl (C=O) groups is 2. The number of aryl methyl sites for hydroxylation is 2. The molecule has 0 heterocycles. The summed E-state index contributed by atoms with van der Waals surface area (Å²) in [5, 5.41) is 3.58. The van der Waals surface area contributed by atoms with Crippen molar-refractivity contribution < 1.29 is 18.0 Å². The Morgan fingerprint density at radius 1 is 0.929 bits per heavy atom. The van der Waals surface area contributed by atoms with Crippen molar-refractivity contribution in [3.05, 3.63) is 100 Å². The van der Waals surface area contributed by atoms with E-state index in [1.54, 1.807) is 25.1 Å². The highest BCUT2D eigenvalue weighted by atomic mass is 35.5. The van der Waals surface area contributed by atoms with E-state index in [4.69, 9.17) is 11.6 Å². The number of amides is 2. The number of benzene rings is 3. The number of anilines is 1. The van der Waals surface area contributed by atoms with E-state index in [9.17, 15) is 18.0 Å². The molecule has 42 heavy (non-hydrogen) atoms. The van der Waals surface area contributed by atoms with E-state index in [0.717, 1.165) is 59.4 Å². The van der Waals surface area contributed by atoms with E-state index in [1.807, 2.05) is 61.5 Å². The van der Waals surface area contributed by atoms with Gasteiger partial charge in [0.1, 0.15) is 12.6 Å². The van der Waals surface area contributed by atoms with Gasteiger partial charge in [-0.15, -0.1) is 0 Å². The Morgan fingerprint density at radius 2 is 1.62 bits per heavy atom. The fourth-order valence-electron chi connectivity index (χ4n) is 5.55. The van der Waals surface area contributed by atoms with Crippen LogP contribution in [0.25, 0.3) is 0 Å². The molecule has 7 nitrogen and oxygen atoms in total. The third-order valence-electron chi connectivity index (χ3n) is 7.78. The number of hydrogen-bond donors (Lipinski definition) is 1. The van der Waals surface area contributed by atoms with Crippen LogP contribution >= 0.6 is 11.6 Å². The summed E-state index contributed by atoms with van der Waals surface area (Å²) in [6.07, 6.45) is 6.46. The normalized spacial score (nSPS) is 14.7. The van der Waals surface area contributed by atoms with Crippen LogP contribution in [0.3, 0.4) is 0 Å². The molecule has 0 bridgehead atoms. The van der Waals surface area contributed by atoms with Gasteiger partial charge in [0.25, 0.3) is 0 Å². The number of nitrogens with zero attached hydrogens (tertiary/aromatic N) is 2. The SMILES string of the molecule is Cc1cccc(CN(C(=O)CN(c2cc(Cl)ccc2C)S(C)(=O)=O)[C@H](Cc2ccccc2)C(=O)NC2CCCCC2)c1. The van der Waals surface area contributed by atoms with Crippen molar-refractivity contribution in [3.8, 4) is 0 Å². The van der Waals surface area contributed by atoms with Gasteiger partial charge in [0, 0.05) is 24.0 Å². The number of hydrogen-bond acceptors (Lipinski definition) is 4. The second-order valence-electron chi connectivity index (χ2n) is 11.3. The Kier molecular flexibility index (Phi) is 10.7. The highest BCUT2D eigenvalue weighted by Gasteiger charge is 2.34. The first-order valence-electron chi connectivity index (χ1n) is 14.4. The van der Waals surface area contributed by atoms with Gasteiger partial charge in [-0.3, -0.25) is 13.9 Å². The van der Waals surface area contributed by atoms with Crippen molar-refractivity contribution in [1.82, 2.24) is 10.2 Å². The zero-order chi connectivity index (χ0) is 30.3. The Labute approximate surface area is 254 Å². The van der Waals surface area contributed by atoms with Crippen LogP contribution in [0.5, 0.6) is 0 Å². The van der Waals surface area contributed by atoms with E-state index in [-0.39, 0.29) is 18.5 Å². The molecule has 2 amide bonds. The van der Waals surface area contributed by atoms with Crippen LogP contribution in [-0.4, -0.2) is 50.0 Å². The molecule has 1 N–H and O–H groups in total. The van der Waals surface area contributed by atoms with Crippen LogP contribution in [0.15, 0.2) is 72.8 Å². The van der Waals surface area contributed by atoms with Crippen LogP contribution < -0.4 is 9.62 Å². The molecule has 1 atom stereocenters. The number of halogens is 1. The van der Waals surface area contributed by atoms with Crippen molar-refractivity contribution in [2.45, 2.75) is 71.0 Å². The lowest BCUT2D eigenvalue weighted by atomic mass is 9.94. The van der Waals surface area contributed by atoms with Gasteiger partial charge < -0.3 is 10.2 Å². The lowest BCUT2D eigenvalue weighted by molar-refractivity contribution is -0.140.